The number of piperidine rings is 1. The minimum atomic E-state index is -4.67. The first-order valence-corrected chi connectivity index (χ1v) is 10.0. The van der Waals surface area contributed by atoms with Crippen molar-refractivity contribution in [1.82, 2.24) is 4.90 Å². The van der Waals surface area contributed by atoms with Crippen molar-refractivity contribution in [2.45, 2.75) is 38.5 Å². The van der Waals surface area contributed by atoms with Gasteiger partial charge in [-0.25, -0.2) is 0 Å². The number of nitrogens with zero attached hydrogens (tertiary/aromatic N) is 2. The lowest BCUT2D eigenvalue weighted by Gasteiger charge is -2.41. The standard InChI is InChI=1S/C17H24N2O2.H2O4S/c1-3-20-17(21-4-2)11-8-12-19-13-15(18-16(17)19)14-9-6-5-7-10-14;1-5(2,3)4/h5-7,9-10,15H,3-4,8,11-13H2,1-2H3;(H2,1,2,3,4). The highest BCUT2D eigenvalue weighted by Crippen LogP contribution is 2.36. The summed E-state index contributed by atoms with van der Waals surface area (Å²) >= 11 is 0. The molecule has 0 amide bonds. The Morgan fingerprint density at radius 3 is 2.31 bits per heavy atom. The first kappa shape index (κ1) is 20.8. The molecule has 1 atom stereocenters. The molecule has 0 aromatic heterocycles. The fraction of sp³-hybridized carbons (Fsp3) is 0.588. The van der Waals surface area contributed by atoms with Gasteiger partial charge in [-0.1, -0.05) is 30.3 Å². The Balaban J connectivity index is 0.000000431. The van der Waals surface area contributed by atoms with Crippen LogP contribution in [0.2, 0.25) is 0 Å². The normalized spacial score (nSPS) is 21.5. The Hall–Kier alpha value is -1.52. The van der Waals surface area contributed by atoms with E-state index in [2.05, 4.69) is 29.2 Å². The van der Waals surface area contributed by atoms with Gasteiger partial charge in [-0.15, -0.1) is 0 Å². The van der Waals surface area contributed by atoms with Gasteiger partial charge in [0.1, 0.15) is 0 Å². The van der Waals surface area contributed by atoms with Crippen LogP contribution in [0.5, 0.6) is 0 Å². The number of hydrogen-bond donors (Lipinski definition) is 2. The van der Waals surface area contributed by atoms with E-state index in [0.29, 0.717) is 13.2 Å². The van der Waals surface area contributed by atoms with Crippen LogP contribution in [0.1, 0.15) is 38.3 Å². The average molecular weight is 386 g/mol. The van der Waals surface area contributed by atoms with Crippen molar-refractivity contribution in [2.24, 2.45) is 4.99 Å². The molecular formula is C17H26N2O6S. The molecular weight excluding hydrogens is 360 g/mol. The first-order valence-electron chi connectivity index (χ1n) is 8.65. The molecule has 0 saturated carbocycles. The molecule has 0 aliphatic carbocycles. The number of rotatable bonds is 5. The molecule has 0 bridgehead atoms. The van der Waals surface area contributed by atoms with Crippen molar-refractivity contribution in [2.75, 3.05) is 26.3 Å². The summed E-state index contributed by atoms with van der Waals surface area (Å²) in [6.45, 7) is 7.30. The maximum absolute atomic E-state index is 8.74. The van der Waals surface area contributed by atoms with E-state index < -0.39 is 16.2 Å². The number of ether oxygens (including phenoxy) is 2. The summed E-state index contributed by atoms with van der Waals surface area (Å²) in [4.78, 5) is 7.30. The molecule has 1 fully saturated rings. The van der Waals surface area contributed by atoms with E-state index >= 15 is 0 Å². The quantitative estimate of drug-likeness (QED) is 0.590. The zero-order valence-electron chi connectivity index (χ0n) is 15.0. The minimum absolute atomic E-state index is 0.194. The molecule has 1 aromatic rings. The number of amidine groups is 1. The summed E-state index contributed by atoms with van der Waals surface area (Å²) < 4.78 is 43.6. The van der Waals surface area contributed by atoms with Crippen molar-refractivity contribution >= 4 is 16.2 Å². The molecule has 2 N–H and O–H groups in total. The molecule has 1 aromatic carbocycles. The predicted molar refractivity (Wildman–Crippen MR) is 97.6 cm³/mol. The van der Waals surface area contributed by atoms with Gasteiger partial charge in [-0.2, -0.15) is 8.42 Å². The summed E-state index contributed by atoms with van der Waals surface area (Å²) in [6, 6.07) is 10.7. The summed E-state index contributed by atoms with van der Waals surface area (Å²) in [6.07, 6.45) is 1.98. The van der Waals surface area contributed by atoms with E-state index in [0.717, 1.165) is 31.8 Å². The van der Waals surface area contributed by atoms with Gasteiger partial charge in [0.05, 0.1) is 6.04 Å². The number of aliphatic imine (C=N–C) groups is 1. The molecule has 2 aliphatic rings. The zero-order valence-corrected chi connectivity index (χ0v) is 15.9. The van der Waals surface area contributed by atoms with E-state index in [9.17, 15) is 0 Å². The Labute approximate surface area is 154 Å². The maximum Gasteiger partial charge on any atom is 0.394 e. The molecule has 1 unspecified atom stereocenters. The monoisotopic (exact) mass is 386 g/mol. The fourth-order valence-electron chi connectivity index (χ4n) is 3.35. The summed E-state index contributed by atoms with van der Waals surface area (Å²) in [5.41, 5.74) is 1.27. The van der Waals surface area contributed by atoms with Crippen LogP contribution in [0, 0.1) is 0 Å². The molecule has 2 heterocycles. The minimum Gasteiger partial charge on any atom is -0.353 e. The Kier molecular flexibility index (Phi) is 7.13. The number of fused-ring (bicyclic) bond motifs is 1. The van der Waals surface area contributed by atoms with Crippen LogP contribution in [-0.2, 0) is 19.9 Å². The Morgan fingerprint density at radius 1 is 1.19 bits per heavy atom. The van der Waals surface area contributed by atoms with Crippen LogP contribution >= 0.6 is 0 Å². The highest BCUT2D eigenvalue weighted by molar-refractivity contribution is 7.79. The Morgan fingerprint density at radius 2 is 1.77 bits per heavy atom. The first-order chi connectivity index (χ1) is 12.3. The van der Waals surface area contributed by atoms with Gasteiger partial charge < -0.3 is 14.4 Å². The van der Waals surface area contributed by atoms with Gasteiger partial charge in [0, 0.05) is 32.7 Å². The molecule has 2 aliphatic heterocycles. The lowest BCUT2D eigenvalue weighted by Crippen LogP contribution is -2.55. The van der Waals surface area contributed by atoms with E-state index in [-0.39, 0.29) is 6.04 Å². The van der Waals surface area contributed by atoms with E-state index in [1.807, 2.05) is 19.9 Å². The van der Waals surface area contributed by atoms with Gasteiger partial charge >= 0.3 is 10.4 Å². The van der Waals surface area contributed by atoms with Crippen molar-refractivity contribution < 1.29 is 27.0 Å². The van der Waals surface area contributed by atoms with Gasteiger partial charge in [-0.3, -0.25) is 14.1 Å². The summed E-state index contributed by atoms with van der Waals surface area (Å²) in [7, 11) is -4.67. The van der Waals surface area contributed by atoms with Gasteiger partial charge in [-0.05, 0) is 25.8 Å². The third-order valence-corrected chi connectivity index (χ3v) is 4.18. The second-order valence-electron chi connectivity index (χ2n) is 6.00. The summed E-state index contributed by atoms with van der Waals surface area (Å²) in [5, 5.41) is 0. The maximum atomic E-state index is 8.74. The predicted octanol–water partition coefficient (Wildman–Crippen LogP) is 2.35. The van der Waals surface area contributed by atoms with Crippen LogP contribution in [0.15, 0.2) is 35.3 Å². The number of benzene rings is 1. The smallest absolute Gasteiger partial charge is 0.353 e. The van der Waals surface area contributed by atoms with E-state index in [1.165, 1.54) is 5.56 Å². The van der Waals surface area contributed by atoms with Crippen molar-refractivity contribution in [3.63, 3.8) is 0 Å². The average Bonchev–Trinajstić information content (AvgIpc) is 3.01. The topological polar surface area (TPSA) is 109 Å². The third-order valence-electron chi connectivity index (χ3n) is 4.18. The lowest BCUT2D eigenvalue weighted by molar-refractivity contribution is -0.198. The van der Waals surface area contributed by atoms with Gasteiger partial charge in [0.15, 0.2) is 5.84 Å². The molecule has 0 spiro atoms. The molecule has 9 heteroatoms. The van der Waals surface area contributed by atoms with Gasteiger partial charge in [0.25, 0.3) is 0 Å². The van der Waals surface area contributed by atoms with Crippen LogP contribution < -0.4 is 0 Å². The molecule has 8 nitrogen and oxygen atoms in total. The van der Waals surface area contributed by atoms with Gasteiger partial charge in [0.2, 0.25) is 5.79 Å². The van der Waals surface area contributed by atoms with E-state index in [4.69, 9.17) is 32.0 Å². The van der Waals surface area contributed by atoms with Crippen molar-refractivity contribution in [1.29, 1.82) is 0 Å². The molecule has 146 valence electrons. The molecule has 0 radical (unpaired) electrons. The second kappa shape index (κ2) is 8.92. The molecule has 26 heavy (non-hydrogen) atoms. The largest absolute Gasteiger partial charge is 0.394 e. The molecule has 1 saturated heterocycles. The lowest BCUT2D eigenvalue weighted by atomic mass is 10.0. The van der Waals surface area contributed by atoms with Crippen molar-refractivity contribution in [3.8, 4) is 0 Å². The van der Waals surface area contributed by atoms with Crippen molar-refractivity contribution in [3.05, 3.63) is 35.9 Å². The van der Waals surface area contributed by atoms with Crippen LogP contribution in [0.3, 0.4) is 0 Å². The van der Waals surface area contributed by atoms with E-state index in [1.54, 1.807) is 0 Å². The van der Waals surface area contributed by atoms with Crippen LogP contribution in [0.25, 0.3) is 0 Å². The highest BCUT2D eigenvalue weighted by Gasteiger charge is 2.47. The molecule has 3 rings (SSSR count). The summed E-state index contributed by atoms with van der Waals surface area (Å²) in [5.74, 6) is 0.358. The Bertz CT molecular complexity index is 688. The van der Waals surface area contributed by atoms with Crippen LogP contribution in [-0.4, -0.2) is 60.3 Å². The highest BCUT2D eigenvalue weighted by atomic mass is 32.3. The zero-order chi connectivity index (χ0) is 19.2. The SMILES string of the molecule is CCOC1(OCC)CCCN2CC(c3ccccc3)N=C21.O=S(=O)(O)O. The number of hydrogen-bond acceptors (Lipinski definition) is 6. The third kappa shape index (κ3) is 5.49. The fourth-order valence-corrected chi connectivity index (χ4v) is 3.35. The second-order valence-corrected chi connectivity index (χ2v) is 6.89. The van der Waals surface area contributed by atoms with Crippen LogP contribution in [0.4, 0.5) is 0 Å².